The van der Waals surface area contributed by atoms with Gasteiger partial charge in [-0.15, -0.1) is 0 Å². The molecule has 0 saturated heterocycles. The summed E-state index contributed by atoms with van der Waals surface area (Å²) in [5.74, 6) is -0.347. The van der Waals surface area contributed by atoms with Crippen LogP contribution < -0.4 is 14.8 Å². The molecule has 2 rings (SSSR count). The van der Waals surface area contributed by atoms with Gasteiger partial charge < -0.3 is 14.8 Å². The van der Waals surface area contributed by atoms with Gasteiger partial charge in [-0.3, -0.25) is 4.98 Å². The van der Waals surface area contributed by atoms with E-state index in [-0.39, 0.29) is 12.2 Å². The van der Waals surface area contributed by atoms with Crippen molar-refractivity contribution in [2.75, 3.05) is 19.5 Å². The Morgan fingerprint density at radius 3 is 2.62 bits per heavy atom. The maximum absolute atomic E-state index is 13.7. The summed E-state index contributed by atoms with van der Waals surface area (Å²) in [5, 5.41) is 2.86. The molecule has 1 N–H and O–H groups in total. The molecule has 0 fully saturated rings. The Morgan fingerprint density at radius 2 is 2.00 bits per heavy atom. The summed E-state index contributed by atoms with van der Waals surface area (Å²) in [5.41, 5.74) is 0.704. The van der Waals surface area contributed by atoms with E-state index in [1.54, 1.807) is 12.3 Å². The summed E-state index contributed by atoms with van der Waals surface area (Å²) in [6.07, 6.45) is 1.56. The van der Waals surface area contributed by atoms with E-state index in [1.807, 2.05) is 0 Å². The largest absolute Gasteiger partial charge is 0.493 e. The molecule has 0 amide bonds. The minimum atomic E-state index is -0.691. The molecule has 0 aliphatic rings. The molecule has 0 aliphatic carbocycles. The van der Waals surface area contributed by atoms with Crippen LogP contribution in [0.5, 0.6) is 11.5 Å². The Morgan fingerprint density at radius 1 is 1.24 bits per heavy atom. The van der Waals surface area contributed by atoms with E-state index >= 15 is 0 Å². The number of methoxy groups -OCH3 is 2. The molecule has 0 bridgehead atoms. The molecular weight excluding hydrogens is 346 g/mol. The van der Waals surface area contributed by atoms with Gasteiger partial charge in [0.1, 0.15) is 17.3 Å². The van der Waals surface area contributed by atoms with Crippen molar-refractivity contribution >= 4 is 21.6 Å². The van der Waals surface area contributed by atoms with Crippen LogP contribution in [0.3, 0.4) is 0 Å². The molecule has 0 spiro atoms. The Labute approximate surface area is 129 Å². The highest BCUT2D eigenvalue weighted by Gasteiger charge is 2.13. The van der Waals surface area contributed by atoms with Gasteiger partial charge in [0.15, 0.2) is 11.5 Å². The number of anilines is 1. The van der Waals surface area contributed by atoms with Crippen molar-refractivity contribution in [2.45, 2.75) is 6.54 Å². The van der Waals surface area contributed by atoms with E-state index in [0.717, 1.165) is 6.07 Å². The smallest absolute Gasteiger partial charge is 0.184 e. The van der Waals surface area contributed by atoms with Crippen molar-refractivity contribution in [2.24, 2.45) is 0 Å². The first-order valence-electron chi connectivity index (χ1n) is 6.01. The van der Waals surface area contributed by atoms with Crippen molar-refractivity contribution < 1.29 is 18.3 Å². The average Bonchev–Trinajstić information content (AvgIpc) is 2.45. The molecule has 4 nitrogen and oxygen atoms in total. The zero-order valence-electron chi connectivity index (χ0n) is 11.4. The Balaban J connectivity index is 2.25. The maximum Gasteiger partial charge on any atom is 0.184 e. The lowest BCUT2D eigenvalue weighted by molar-refractivity contribution is 0.350. The van der Waals surface area contributed by atoms with Gasteiger partial charge in [-0.05, 0) is 22.0 Å². The van der Waals surface area contributed by atoms with Crippen LogP contribution in [-0.4, -0.2) is 19.2 Å². The molecule has 0 atom stereocenters. The molecule has 112 valence electrons. The molecule has 1 heterocycles. The SMILES string of the molecule is COc1ccnc(CNc2c(F)cc(F)cc2Br)c1OC. The van der Waals surface area contributed by atoms with Crippen molar-refractivity contribution in [1.82, 2.24) is 4.98 Å². The fourth-order valence-corrected chi connectivity index (χ4v) is 2.41. The molecule has 0 saturated carbocycles. The summed E-state index contributed by atoms with van der Waals surface area (Å²) < 4.78 is 37.5. The first kappa shape index (κ1) is 15.5. The van der Waals surface area contributed by atoms with Crippen LogP contribution >= 0.6 is 15.9 Å². The lowest BCUT2D eigenvalue weighted by Gasteiger charge is -2.14. The number of halogens is 3. The number of hydrogen-bond donors (Lipinski definition) is 1. The number of aromatic nitrogens is 1. The van der Waals surface area contributed by atoms with E-state index in [9.17, 15) is 8.78 Å². The van der Waals surface area contributed by atoms with Gasteiger partial charge in [-0.2, -0.15) is 0 Å². The number of pyridine rings is 1. The van der Waals surface area contributed by atoms with Crippen LogP contribution in [0.25, 0.3) is 0 Å². The molecular formula is C14H13BrF2N2O2. The highest BCUT2D eigenvalue weighted by molar-refractivity contribution is 9.10. The minimum Gasteiger partial charge on any atom is -0.493 e. The molecule has 0 aliphatic heterocycles. The van der Waals surface area contributed by atoms with Crippen molar-refractivity contribution in [3.05, 3.63) is 46.2 Å². The number of nitrogens with zero attached hydrogens (tertiary/aromatic N) is 1. The van der Waals surface area contributed by atoms with Gasteiger partial charge in [0.2, 0.25) is 0 Å². The van der Waals surface area contributed by atoms with Gasteiger partial charge in [-0.1, -0.05) is 0 Å². The predicted molar refractivity (Wildman–Crippen MR) is 78.7 cm³/mol. The van der Waals surface area contributed by atoms with Crippen molar-refractivity contribution in [1.29, 1.82) is 0 Å². The minimum absolute atomic E-state index is 0.156. The lowest BCUT2D eigenvalue weighted by Crippen LogP contribution is -2.07. The van der Waals surface area contributed by atoms with Crippen LogP contribution in [0.2, 0.25) is 0 Å². The van der Waals surface area contributed by atoms with Crippen LogP contribution in [0, 0.1) is 11.6 Å². The molecule has 21 heavy (non-hydrogen) atoms. The fraction of sp³-hybridized carbons (Fsp3) is 0.214. The normalized spacial score (nSPS) is 10.3. The van der Waals surface area contributed by atoms with Crippen LogP contribution in [0.1, 0.15) is 5.69 Å². The van der Waals surface area contributed by atoms with Gasteiger partial charge >= 0.3 is 0 Å². The van der Waals surface area contributed by atoms with Crippen LogP contribution in [0.4, 0.5) is 14.5 Å². The van der Waals surface area contributed by atoms with Crippen molar-refractivity contribution in [3.8, 4) is 11.5 Å². The van der Waals surface area contributed by atoms with Crippen LogP contribution in [0.15, 0.2) is 28.9 Å². The van der Waals surface area contributed by atoms with E-state index in [2.05, 4.69) is 26.2 Å². The third kappa shape index (κ3) is 3.41. The predicted octanol–water partition coefficient (Wildman–Crippen LogP) is 3.75. The standard InChI is InChI=1S/C14H13BrF2N2O2/c1-20-12-3-4-18-11(14(12)21-2)7-19-13-9(15)5-8(16)6-10(13)17/h3-6,19H,7H2,1-2H3. The zero-order chi connectivity index (χ0) is 15.4. The van der Waals surface area contributed by atoms with Crippen LogP contribution in [-0.2, 0) is 6.54 Å². The number of rotatable bonds is 5. The summed E-state index contributed by atoms with van der Waals surface area (Å²) in [4.78, 5) is 4.17. The van der Waals surface area contributed by atoms with Gasteiger partial charge in [0.25, 0.3) is 0 Å². The Bertz CT molecular complexity index is 630. The van der Waals surface area contributed by atoms with E-state index < -0.39 is 11.6 Å². The monoisotopic (exact) mass is 358 g/mol. The maximum atomic E-state index is 13.7. The molecule has 1 aromatic carbocycles. The first-order chi connectivity index (χ1) is 10.1. The third-order valence-electron chi connectivity index (χ3n) is 2.81. The quantitative estimate of drug-likeness (QED) is 0.883. The second-order valence-corrected chi connectivity index (χ2v) is 4.95. The number of nitrogens with one attached hydrogen (secondary N) is 1. The first-order valence-corrected chi connectivity index (χ1v) is 6.80. The summed E-state index contributed by atoms with van der Waals surface area (Å²) in [6, 6.07) is 3.65. The van der Waals surface area contributed by atoms with E-state index in [4.69, 9.17) is 9.47 Å². The van der Waals surface area contributed by atoms with Crippen molar-refractivity contribution in [3.63, 3.8) is 0 Å². The number of ether oxygens (including phenoxy) is 2. The Kier molecular flexibility index (Phi) is 4.95. The average molecular weight is 359 g/mol. The highest BCUT2D eigenvalue weighted by atomic mass is 79.9. The van der Waals surface area contributed by atoms with E-state index in [0.29, 0.717) is 21.7 Å². The Hall–Kier alpha value is -1.89. The lowest BCUT2D eigenvalue weighted by atomic mass is 10.2. The van der Waals surface area contributed by atoms with Gasteiger partial charge in [0.05, 0.1) is 26.5 Å². The topological polar surface area (TPSA) is 43.4 Å². The second kappa shape index (κ2) is 6.71. The highest BCUT2D eigenvalue weighted by Crippen LogP contribution is 2.31. The van der Waals surface area contributed by atoms with Gasteiger partial charge in [0, 0.05) is 22.8 Å². The molecule has 1 aromatic heterocycles. The molecule has 0 radical (unpaired) electrons. The zero-order valence-corrected chi connectivity index (χ0v) is 13.0. The summed E-state index contributed by atoms with van der Waals surface area (Å²) >= 11 is 3.12. The van der Waals surface area contributed by atoms with Gasteiger partial charge in [-0.25, -0.2) is 8.78 Å². The van der Waals surface area contributed by atoms with E-state index in [1.165, 1.54) is 20.3 Å². The fourth-order valence-electron chi connectivity index (χ4n) is 1.86. The molecule has 0 unspecified atom stereocenters. The molecule has 2 aromatic rings. The summed E-state index contributed by atoms with van der Waals surface area (Å²) in [6.45, 7) is 0.196. The summed E-state index contributed by atoms with van der Waals surface area (Å²) in [7, 11) is 3.02. The number of benzene rings is 1. The molecule has 7 heteroatoms. The second-order valence-electron chi connectivity index (χ2n) is 4.09. The number of hydrogen-bond acceptors (Lipinski definition) is 4. The third-order valence-corrected chi connectivity index (χ3v) is 3.43.